The van der Waals surface area contributed by atoms with Crippen LogP contribution in [0.25, 0.3) is 21.8 Å². The Morgan fingerprint density at radius 3 is 2.84 bits per heavy atom. The second kappa shape index (κ2) is 9.67. The first-order valence-electron chi connectivity index (χ1n) is 10.3. The summed E-state index contributed by atoms with van der Waals surface area (Å²) in [5, 5.41) is 12.6. The van der Waals surface area contributed by atoms with Crippen molar-refractivity contribution in [1.29, 1.82) is 5.26 Å². The van der Waals surface area contributed by atoms with Gasteiger partial charge in [-0.05, 0) is 47.9 Å². The van der Waals surface area contributed by atoms with E-state index in [4.69, 9.17) is 9.72 Å². The predicted octanol–water partition coefficient (Wildman–Crippen LogP) is 5.54. The lowest BCUT2D eigenvalue weighted by Crippen LogP contribution is -2.05. The van der Waals surface area contributed by atoms with Gasteiger partial charge >= 0.3 is 5.97 Å². The van der Waals surface area contributed by atoms with E-state index in [-0.39, 0.29) is 5.97 Å². The Morgan fingerprint density at radius 1 is 1.16 bits per heavy atom. The van der Waals surface area contributed by atoms with Crippen molar-refractivity contribution in [3.63, 3.8) is 0 Å². The summed E-state index contributed by atoms with van der Waals surface area (Å²) in [7, 11) is 0. The van der Waals surface area contributed by atoms with Crippen molar-refractivity contribution >= 4 is 39.5 Å². The SMILES string of the molecule is CCOC(=O)CCCSc1nc2cc(C#N)ccc2n1Cc1cccc2ccccc12. The number of fused-ring (bicyclic) bond motifs is 2. The van der Waals surface area contributed by atoms with Gasteiger partial charge in [0.05, 0.1) is 35.8 Å². The molecule has 31 heavy (non-hydrogen) atoms. The fourth-order valence-corrected chi connectivity index (χ4v) is 4.61. The van der Waals surface area contributed by atoms with Gasteiger partial charge in [0, 0.05) is 12.2 Å². The van der Waals surface area contributed by atoms with Gasteiger partial charge in [0.1, 0.15) is 0 Å². The number of thioether (sulfide) groups is 1. The summed E-state index contributed by atoms with van der Waals surface area (Å²) in [6.07, 6.45) is 1.13. The topological polar surface area (TPSA) is 67.9 Å². The van der Waals surface area contributed by atoms with Gasteiger partial charge in [0.15, 0.2) is 5.16 Å². The minimum atomic E-state index is -0.161. The fourth-order valence-electron chi connectivity index (χ4n) is 3.65. The van der Waals surface area contributed by atoms with E-state index < -0.39 is 0 Å². The Hall–Kier alpha value is -3.30. The molecule has 0 N–H and O–H groups in total. The van der Waals surface area contributed by atoms with E-state index in [1.54, 1.807) is 11.8 Å². The Bertz CT molecular complexity index is 1270. The van der Waals surface area contributed by atoms with Crippen LogP contribution in [0.2, 0.25) is 0 Å². The Kier molecular flexibility index (Phi) is 6.54. The minimum absolute atomic E-state index is 0.161. The quantitative estimate of drug-likeness (QED) is 0.209. The molecule has 0 atom stereocenters. The largest absolute Gasteiger partial charge is 0.466 e. The van der Waals surface area contributed by atoms with Crippen LogP contribution in [0, 0.1) is 11.3 Å². The summed E-state index contributed by atoms with van der Waals surface area (Å²) in [4.78, 5) is 16.4. The minimum Gasteiger partial charge on any atom is -0.466 e. The fraction of sp³-hybridized carbons (Fsp3) is 0.240. The zero-order valence-corrected chi connectivity index (χ0v) is 18.2. The molecule has 6 heteroatoms. The lowest BCUT2D eigenvalue weighted by atomic mass is 10.0. The molecule has 5 nitrogen and oxygen atoms in total. The zero-order valence-electron chi connectivity index (χ0n) is 17.4. The van der Waals surface area contributed by atoms with E-state index >= 15 is 0 Å². The smallest absolute Gasteiger partial charge is 0.305 e. The standard InChI is InChI=1S/C25H23N3O2S/c1-2-30-24(29)11-6-14-31-25-27-22-15-18(16-26)12-13-23(22)28(25)17-20-9-5-8-19-7-3-4-10-21(19)20/h3-5,7-10,12-13,15H,2,6,11,14,17H2,1H3. The lowest BCUT2D eigenvalue weighted by molar-refractivity contribution is -0.143. The lowest BCUT2D eigenvalue weighted by Gasteiger charge is -2.11. The molecular formula is C25H23N3O2S. The number of ether oxygens (including phenoxy) is 1. The van der Waals surface area contributed by atoms with Gasteiger partial charge in [-0.2, -0.15) is 5.26 Å². The first kappa shape index (κ1) is 21.0. The molecule has 0 fully saturated rings. The molecule has 0 aliphatic rings. The van der Waals surface area contributed by atoms with Crippen LogP contribution in [0.4, 0.5) is 0 Å². The van der Waals surface area contributed by atoms with Gasteiger partial charge in [0.2, 0.25) is 0 Å². The number of esters is 1. The Labute approximate surface area is 185 Å². The molecule has 0 saturated carbocycles. The molecule has 156 valence electrons. The number of rotatable bonds is 8. The van der Waals surface area contributed by atoms with Crippen LogP contribution < -0.4 is 0 Å². The third-order valence-electron chi connectivity index (χ3n) is 5.11. The third-order valence-corrected chi connectivity index (χ3v) is 6.18. The monoisotopic (exact) mass is 429 g/mol. The van der Waals surface area contributed by atoms with Crippen LogP contribution in [-0.4, -0.2) is 27.9 Å². The molecule has 0 aliphatic carbocycles. The van der Waals surface area contributed by atoms with Crippen molar-refractivity contribution in [2.75, 3.05) is 12.4 Å². The van der Waals surface area contributed by atoms with E-state index in [9.17, 15) is 10.1 Å². The highest BCUT2D eigenvalue weighted by atomic mass is 32.2. The Balaban J connectivity index is 1.64. The average Bonchev–Trinajstić information content (AvgIpc) is 3.13. The molecular weight excluding hydrogens is 406 g/mol. The second-order valence-electron chi connectivity index (χ2n) is 7.19. The summed E-state index contributed by atoms with van der Waals surface area (Å²) in [6.45, 7) is 2.91. The maximum Gasteiger partial charge on any atom is 0.305 e. The maximum atomic E-state index is 11.6. The molecule has 1 heterocycles. The van der Waals surface area contributed by atoms with Gasteiger partial charge in [-0.1, -0.05) is 54.2 Å². The number of carbonyl (C=O) groups is 1. The molecule has 0 saturated heterocycles. The molecule has 0 amide bonds. The first-order valence-corrected chi connectivity index (χ1v) is 11.3. The van der Waals surface area contributed by atoms with Crippen LogP contribution >= 0.6 is 11.8 Å². The van der Waals surface area contributed by atoms with Crippen molar-refractivity contribution < 1.29 is 9.53 Å². The number of carbonyl (C=O) groups excluding carboxylic acids is 1. The van der Waals surface area contributed by atoms with E-state index in [1.807, 2.05) is 31.2 Å². The van der Waals surface area contributed by atoms with E-state index in [0.717, 1.165) is 28.4 Å². The summed E-state index contributed by atoms with van der Waals surface area (Å²) in [6, 6.07) is 22.5. The number of hydrogen-bond acceptors (Lipinski definition) is 5. The molecule has 4 aromatic rings. The molecule has 0 bridgehead atoms. The van der Waals surface area contributed by atoms with Gasteiger partial charge < -0.3 is 9.30 Å². The van der Waals surface area contributed by atoms with E-state index in [1.165, 1.54) is 16.3 Å². The predicted molar refractivity (Wildman–Crippen MR) is 124 cm³/mol. The molecule has 0 aliphatic heterocycles. The number of benzene rings is 3. The van der Waals surface area contributed by atoms with Gasteiger partial charge in [-0.3, -0.25) is 4.79 Å². The average molecular weight is 430 g/mol. The highest BCUT2D eigenvalue weighted by Crippen LogP contribution is 2.28. The summed E-state index contributed by atoms with van der Waals surface area (Å²) in [5.74, 6) is 0.606. The number of imidazole rings is 1. The zero-order chi connectivity index (χ0) is 21.6. The van der Waals surface area contributed by atoms with Crippen LogP contribution in [0.1, 0.15) is 30.9 Å². The number of aromatic nitrogens is 2. The molecule has 0 radical (unpaired) electrons. The van der Waals surface area contributed by atoms with Gasteiger partial charge in [-0.15, -0.1) is 0 Å². The van der Waals surface area contributed by atoms with Crippen LogP contribution in [0.3, 0.4) is 0 Å². The van der Waals surface area contributed by atoms with Crippen LogP contribution in [0.5, 0.6) is 0 Å². The van der Waals surface area contributed by atoms with Crippen molar-refractivity contribution in [2.24, 2.45) is 0 Å². The highest BCUT2D eigenvalue weighted by Gasteiger charge is 2.14. The van der Waals surface area contributed by atoms with E-state index in [2.05, 4.69) is 47.0 Å². The number of hydrogen-bond donors (Lipinski definition) is 0. The summed E-state index contributed by atoms with van der Waals surface area (Å²) < 4.78 is 7.21. The van der Waals surface area contributed by atoms with Gasteiger partial charge in [-0.25, -0.2) is 4.98 Å². The maximum absolute atomic E-state index is 11.6. The molecule has 4 rings (SSSR count). The van der Waals surface area contributed by atoms with Crippen molar-refractivity contribution in [1.82, 2.24) is 9.55 Å². The third kappa shape index (κ3) is 4.73. The van der Waals surface area contributed by atoms with Crippen LogP contribution in [0.15, 0.2) is 65.8 Å². The van der Waals surface area contributed by atoms with Crippen molar-refractivity contribution in [2.45, 2.75) is 31.5 Å². The molecule has 0 unspecified atom stereocenters. The van der Waals surface area contributed by atoms with Crippen molar-refractivity contribution in [3.8, 4) is 6.07 Å². The van der Waals surface area contributed by atoms with Gasteiger partial charge in [0.25, 0.3) is 0 Å². The molecule has 0 spiro atoms. The molecule has 1 aromatic heterocycles. The normalized spacial score (nSPS) is 11.0. The van der Waals surface area contributed by atoms with E-state index in [0.29, 0.717) is 25.1 Å². The molecule has 3 aromatic carbocycles. The summed E-state index contributed by atoms with van der Waals surface area (Å²) >= 11 is 1.63. The van der Waals surface area contributed by atoms with Crippen LogP contribution in [-0.2, 0) is 16.1 Å². The number of nitrogens with zero attached hydrogens (tertiary/aromatic N) is 3. The number of nitriles is 1. The highest BCUT2D eigenvalue weighted by molar-refractivity contribution is 7.99. The Morgan fingerprint density at radius 2 is 2.00 bits per heavy atom. The van der Waals surface area contributed by atoms with Crippen molar-refractivity contribution in [3.05, 3.63) is 71.8 Å². The summed E-state index contributed by atoms with van der Waals surface area (Å²) in [5.41, 5.74) is 3.63. The second-order valence-corrected chi connectivity index (χ2v) is 8.25. The first-order chi connectivity index (χ1) is 15.2.